The first-order valence-corrected chi connectivity index (χ1v) is 16.2. The molecule has 2 saturated heterocycles. The van der Waals surface area contributed by atoms with E-state index in [1.807, 2.05) is 24.4 Å². The maximum atomic E-state index is 13.6. The number of aromatic amines is 1. The van der Waals surface area contributed by atoms with Crippen molar-refractivity contribution in [2.45, 2.75) is 51.5 Å². The van der Waals surface area contributed by atoms with Gasteiger partial charge in [-0.05, 0) is 118 Å². The van der Waals surface area contributed by atoms with Crippen molar-refractivity contribution < 1.29 is 9.18 Å². The molecule has 43 heavy (non-hydrogen) atoms. The largest absolute Gasteiger partial charge is 0.369 e. The summed E-state index contributed by atoms with van der Waals surface area (Å²) in [5, 5.41) is 1.01. The highest BCUT2D eigenvalue weighted by Gasteiger charge is 2.21. The van der Waals surface area contributed by atoms with Crippen LogP contribution >= 0.6 is 0 Å². The van der Waals surface area contributed by atoms with Crippen LogP contribution in [0.5, 0.6) is 0 Å². The van der Waals surface area contributed by atoms with E-state index in [9.17, 15) is 9.18 Å². The number of H-pyrrole nitrogens is 1. The van der Waals surface area contributed by atoms with Crippen LogP contribution in [0, 0.1) is 11.7 Å². The number of piperazine rings is 1. The molecule has 226 valence electrons. The number of Topliss-reactive ketones (excluding diaryl/α,β-unsaturated/α-hetero) is 1. The third kappa shape index (κ3) is 7.92. The Hall–Kier alpha value is -3.48. The molecule has 0 amide bonds. The lowest BCUT2D eigenvalue weighted by molar-refractivity contribution is 0.0961. The smallest absolute Gasteiger partial charge is 0.162 e. The molecule has 4 aromatic rings. The molecule has 0 spiro atoms. The Bertz CT molecular complexity index is 1450. The minimum absolute atomic E-state index is 0.172. The maximum Gasteiger partial charge on any atom is 0.162 e. The van der Waals surface area contributed by atoms with Gasteiger partial charge in [0.05, 0.1) is 0 Å². The van der Waals surface area contributed by atoms with Crippen LogP contribution in [-0.4, -0.2) is 66.4 Å². The number of unbranched alkanes of at least 4 members (excludes halogenated alkanes) is 1. The summed E-state index contributed by atoms with van der Waals surface area (Å²) >= 11 is 0. The van der Waals surface area contributed by atoms with Gasteiger partial charge in [0.2, 0.25) is 0 Å². The summed E-state index contributed by atoms with van der Waals surface area (Å²) in [5.74, 6) is 0.763. The molecule has 0 unspecified atom stereocenters. The highest BCUT2D eigenvalue weighted by Crippen LogP contribution is 2.25. The lowest BCUT2D eigenvalue weighted by atomic mass is 9.90. The molecule has 0 saturated carbocycles. The van der Waals surface area contributed by atoms with E-state index in [4.69, 9.17) is 0 Å². The third-order valence-electron chi connectivity index (χ3n) is 9.56. The van der Waals surface area contributed by atoms with Crippen molar-refractivity contribution in [3.63, 3.8) is 0 Å². The van der Waals surface area contributed by atoms with Gasteiger partial charge in [-0.2, -0.15) is 0 Å². The zero-order chi connectivity index (χ0) is 29.4. The first-order valence-electron chi connectivity index (χ1n) is 16.2. The van der Waals surface area contributed by atoms with E-state index in [0.29, 0.717) is 12.3 Å². The molecule has 2 aliphatic rings. The van der Waals surface area contributed by atoms with Crippen molar-refractivity contribution in [1.82, 2.24) is 14.8 Å². The fourth-order valence-corrected chi connectivity index (χ4v) is 6.85. The molecule has 0 bridgehead atoms. The molecule has 2 aliphatic heterocycles. The van der Waals surface area contributed by atoms with Crippen molar-refractivity contribution in [2.75, 3.05) is 50.7 Å². The second-order valence-corrected chi connectivity index (χ2v) is 12.5. The van der Waals surface area contributed by atoms with E-state index in [2.05, 4.69) is 62.1 Å². The molecule has 1 N–H and O–H groups in total. The van der Waals surface area contributed by atoms with E-state index in [0.717, 1.165) is 94.5 Å². The van der Waals surface area contributed by atoms with Crippen LogP contribution in [0.4, 0.5) is 10.1 Å². The first kappa shape index (κ1) is 29.6. The van der Waals surface area contributed by atoms with Gasteiger partial charge in [0.25, 0.3) is 0 Å². The number of benzene rings is 3. The number of halogens is 1. The molecule has 0 atom stereocenters. The number of piperidine rings is 1. The van der Waals surface area contributed by atoms with Gasteiger partial charge in [-0.1, -0.05) is 30.3 Å². The van der Waals surface area contributed by atoms with Crippen LogP contribution in [-0.2, 0) is 13.0 Å². The van der Waals surface area contributed by atoms with Crippen molar-refractivity contribution in [1.29, 1.82) is 0 Å². The Morgan fingerprint density at radius 1 is 0.837 bits per heavy atom. The van der Waals surface area contributed by atoms with E-state index >= 15 is 0 Å². The number of fused-ring (bicyclic) bond motifs is 1. The summed E-state index contributed by atoms with van der Waals surface area (Å²) < 4.78 is 13.6. The standard InChI is InChI=1S/C37H45FN4O/c38-33-12-15-36-35(26-33)32(27-39-36)8-4-5-19-40-22-24-42(25-23-40)34-13-10-31(11-14-34)37(43)16-9-29-17-20-41(21-18-29)28-30-6-2-1-3-7-30/h1-3,6-7,10-15,26-27,29,39H,4-5,8-9,16-25,28H2. The number of aromatic nitrogens is 1. The zero-order valence-corrected chi connectivity index (χ0v) is 25.3. The number of aryl methyl sites for hydroxylation is 1. The van der Waals surface area contributed by atoms with Gasteiger partial charge in [-0.15, -0.1) is 0 Å². The minimum atomic E-state index is -0.172. The van der Waals surface area contributed by atoms with Crippen molar-refractivity contribution in [3.8, 4) is 0 Å². The Balaban J connectivity index is 0.872. The van der Waals surface area contributed by atoms with Gasteiger partial charge in [0, 0.05) is 67.5 Å². The number of carbonyl (C=O) groups is 1. The Kier molecular flexibility index (Phi) is 9.86. The molecule has 5 nitrogen and oxygen atoms in total. The summed E-state index contributed by atoms with van der Waals surface area (Å²) in [6, 6.07) is 24.0. The van der Waals surface area contributed by atoms with Crippen LogP contribution < -0.4 is 4.90 Å². The monoisotopic (exact) mass is 580 g/mol. The molecule has 3 aromatic carbocycles. The van der Waals surface area contributed by atoms with Gasteiger partial charge in [0.1, 0.15) is 5.82 Å². The number of carbonyl (C=O) groups excluding carboxylic acids is 1. The highest BCUT2D eigenvalue weighted by atomic mass is 19.1. The normalized spacial score (nSPS) is 17.1. The third-order valence-corrected chi connectivity index (χ3v) is 9.56. The lowest BCUT2D eigenvalue weighted by Gasteiger charge is -2.36. The maximum absolute atomic E-state index is 13.6. The summed E-state index contributed by atoms with van der Waals surface area (Å²) in [6.07, 6.45) is 9.28. The molecule has 0 aliphatic carbocycles. The van der Waals surface area contributed by atoms with Crippen LogP contribution in [0.25, 0.3) is 10.9 Å². The predicted molar refractivity (Wildman–Crippen MR) is 174 cm³/mol. The van der Waals surface area contributed by atoms with Gasteiger partial charge in [0.15, 0.2) is 5.78 Å². The summed E-state index contributed by atoms with van der Waals surface area (Å²) in [7, 11) is 0. The fraction of sp³-hybridized carbons (Fsp3) is 0.432. The van der Waals surface area contributed by atoms with Crippen molar-refractivity contribution >= 4 is 22.4 Å². The summed E-state index contributed by atoms with van der Waals surface area (Å²) in [4.78, 5) is 23.7. The Morgan fingerprint density at radius 2 is 1.60 bits per heavy atom. The molecular weight excluding hydrogens is 535 g/mol. The number of likely N-dealkylation sites (tertiary alicyclic amines) is 1. The second kappa shape index (κ2) is 14.3. The van der Waals surface area contributed by atoms with Crippen LogP contribution in [0.3, 0.4) is 0 Å². The SMILES string of the molecule is O=C(CCC1CCN(Cc2ccccc2)CC1)c1ccc(N2CCN(CCCCc3c[nH]c4ccc(F)cc34)CC2)cc1. The Morgan fingerprint density at radius 3 is 2.37 bits per heavy atom. The van der Waals surface area contributed by atoms with E-state index < -0.39 is 0 Å². The van der Waals surface area contributed by atoms with E-state index in [-0.39, 0.29) is 11.6 Å². The van der Waals surface area contributed by atoms with Crippen molar-refractivity contribution in [2.24, 2.45) is 5.92 Å². The van der Waals surface area contributed by atoms with Gasteiger partial charge < -0.3 is 9.88 Å². The topological polar surface area (TPSA) is 42.6 Å². The lowest BCUT2D eigenvalue weighted by Crippen LogP contribution is -2.46. The quantitative estimate of drug-likeness (QED) is 0.141. The molecule has 6 rings (SSSR count). The average Bonchev–Trinajstić information content (AvgIpc) is 3.45. The molecular formula is C37H45FN4O. The van der Waals surface area contributed by atoms with Gasteiger partial charge >= 0.3 is 0 Å². The molecule has 6 heteroatoms. The average molecular weight is 581 g/mol. The van der Waals surface area contributed by atoms with Gasteiger partial charge in [-0.25, -0.2) is 4.39 Å². The molecule has 0 radical (unpaired) electrons. The molecule has 1 aromatic heterocycles. The number of nitrogens with one attached hydrogen (secondary N) is 1. The number of anilines is 1. The summed E-state index contributed by atoms with van der Waals surface area (Å²) in [6.45, 7) is 8.53. The number of ketones is 1. The van der Waals surface area contributed by atoms with Crippen LogP contribution in [0.15, 0.2) is 79.0 Å². The van der Waals surface area contributed by atoms with Crippen molar-refractivity contribution in [3.05, 3.63) is 102 Å². The molecule has 3 heterocycles. The zero-order valence-electron chi connectivity index (χ0n) is 25.3. The van der Waals surface area contributed by atoms with Gasteiger partial charge in [-0.3, -0.25) is 14.6 Å². The second-order valence-electron chi connectivity index (χ2n) is 12.5. The number of nitrogens with zero attached hydrogens (tertiary/aromatic N) is 3. The molecule has 2 fully saturated rings. The van der Waals surface area contributed by atoms with E-state index in [1.165, 1.54) is 35.7 Å². The van der Waals surface area contributed by atoms with Crippen LogP contribution in [0.2, 0.25) is 0 Å². The minimum Gasteiger partial charge on any atom is -0.369 e. The number of rotatable bonds is 12. The number of hydrogen-bond acceptors (Lipinski definition) is 4. The Labute approximate surface area is 255 Å². The first-order chi connectivity index (χ1) is 21.1. The summed E-state index contributed by atoms with van der Waals surface area (Å²) in [5.41, 5.74) is 5.67. The van der Waals surface area contributed by atoms with Crippen LogP contribution in [0.1, 0.15) is 60.0 Å². The van der Waals surface area contributed by atoms with E-state index in [1.54, 1.807) is 6.07 Å². The predicted octanol–water partition coefficient (Wildman–Crippen LogP) is 7.33. The fourth-order valence-electron chi connectivity index (χ4n) is 6.85. The number of hydrogen-bond donors (Lipinski definition) is 1. The highest BCUT2D eigenvalue weighted by molar-refractivity contribution is 5.96.